The van der Waals surface area contributed by atoms with Crippen LogP contribution in [0.15, 0.2) is 24.4 Å². The van der Waals surface area contributed by atoms with Crippen molar-refractivity contribution in [1.82, 2.24) is 20.1 Å². The van der Waals surface area contributed by atoms with Gasteiger partial charge in [-0.25, -0.2) is 0 Å². The Labute approximate surface area is 115 Å². The lowest BCUT2D eigenvalue weighted by atomic mass is 10.0. The molecule has 2 saturated heterocycles. The number of piperidine rings is 1. The number of likely N-dealkylation sites (tertiary alicyclic amines) is 1. The third-order valence-corrected chi connectivity index (χ3v) is 4.34. The summed E-state index contributed by atoms with van der Waals surface area (Å²) in [6.45, 7) is 8.21. The highest BCUT2D eigenvalue weighted by atomic mass is 15.2. The average Bonchev–Trinajstić information content (AvgIpc) is 2.50. The van der Waals surface area contributed by atoms with Crippen molar-refractivity contribution in [1.29, 1.82) is 0 Å². The molecule has 2 fully saturated rings. The van der Waals surface area contributed by atoms with E-state index in [0.717, 1.165) is 25.7 Å². The van der Waals surface area contributed by atoms with Crippen LogP contribution in [0, 0.1) is 0 Å². The molecule has 4 nitrogen and oxygen atoms in total. The van der Waals surface area contributed by atoms with Gasteiger partial charge in [0.2, 0.25) is 0 Å². The molecule has 4 heteroatoms. The van der Waals surface area contributed by atoms with E-state index >= 15 is 0 Å². The average molecular weight is 260 g/mol. The summed E-state index contributed by atoms with van der Waals surface area (Å²) in [5.41, 5.74) is 1.20. The second-order valence-electron chi connectivity index (χ2n) is 5.61. The van der Waals surface area contributed by atoms with Crippen LogP contribution in [0.3, 0.4) is 0 Å². The molecule has 3 heterocycles. The fraction of sp³-hybridized carbons (Fsp3) is 0.667. The third kappa shape index (κ3) is 3.53. The first-order chi connectivity index (χ1) is 9.42. The lowest BCUT2D eigenvalue weighted by molar-refractivity contribution is 0.0942. The van der Waals surface area contributed by atoms with E-state index in [2.05, 4.69) is 32.2 Å². The van der Waals surface area contributed by atoms with Gasteiger partial charge in [0.15, 0.2) is 0 Å². The maximum Gasteiger partial charge on any atom is 0.0543 e. The quantitative estimate of drug-likeness (QED) is 0.877. The van der Waals surface area contributed by atoms with Gasteiger partial charge < -0.3 is 5.32 Å². The van der Waals surface area contributed by atoms with Crippen LogP contribution < -0.4 is 5.32 Å². The second kappa shape index (κ2) is 6.46. The van der Waals surface area contributed by atoms with Crippen LogP contribution in [0.5, 0.6) is 0 Å². The summed E-state index contributed by atoms with van der Waals surface area (Å²) in [7, 11) is 0. The molecule has 0 spiro atoms. The van der Waals surface area contributed by atoms with Crippen molar-refractivity contribution >= 4 is 0 Å². The Hall–Kier alpha value is -0.970. The Morgan fingerprint density at radius 2 is 1.89 bits per heavy atom. The molecule has 1 aromatic rings. The van der Waals surface area contributed by atoms with Crippen molar-refractivity contribution in [3.05, 3.63) is 30.1 Å². The van der Waals surface area contributed by atoms with E-state index in [-0.39, 0.29) is 0 Å². The van der Waals surface area contributed by atoms with E-state index in [4.69, 9.17) is 0 Å². The van der Waals surface area contributed by atoms with Crippen LogP contribution in [0.2, 0.25) is 0 Å². The lowest BCUT2D eigenvalue weighted by Gasteiger charge is -2.40. The molecule has 0 aliphatic carbocycles. The summed E-state index contributed by atoms with van der Waals surface area (Å²) in [5.74, 6) is 0. The number of rotatable bonds is 3. The molecule has 0 bridgehead atoms. The van der Waals surface area contributed by atoms with E-state index in [1.807, 2.05) is 12.3 Å². The fourth-order valence-corrected chi connectivity index (χ4v) is 3.21. The van der Waals surface area contributed by atoms with Crippen molar-refractivity contribution in [2.75, 3.05) is 39.3 Å². The summed E-state index contributed by atoms with van der Waals surface area (Å²) in [4.78, 5) is 9.64. The van der Waals surface area contributed by atoms with Gasteiger partial charge in [0.25, 0.3) is 0 Å². The van der Waals surface area contributed by atoms with Crippen LogP contribution in [0.1, 0.15) is 18.5 Å². The van der Waals surface area contributed by atoms with Crippen LogP contribution in [-0.4, -0.2) is 60.1 Å². The van der Waals surface area contributed by atoms with Crippen molar-refractivity contribution in [3.63, 3.8) is 0 Å². The van der Waals surface area contributed by atoms with Gasteiger partial charge in [0.1, 0.15) is 0 Å². The molecule has 3 rings (SSSR count). The van der Waals surface area contributed by atoms with E-state index in [9.17, 15) is 0 Å². The number of pyridine rings is 1. The number of piperazine rings is 1. The van der Waals surface area contributed by atoms with Crippen LogP contribution in [0.4, 0.5) is 0 Å². The van der Waals surface area contributed by atoms with Gasteiger partial charge in [-0.2, -0.15) is 0 Å². The monoisotopic (exact) mass is 260 g/mol. The Morgan fingerprint density at radius 3 is 2.58 bits per heavy atom. The summed E-state index contributed by atoms with van der Waals surface area (Å²) in [6.07, 6.45) is 4.52. The summed E-state index contributed by atoms with van der Waals surface area (Å²) < 4.78 is 0. The number of nitrogens with one attached hydrogen (secondary N) is 1. The van der Waals surface area contributed by atoms with Gasteiger partial charge in [-0.05, 0) is 25.0 Å². The van der Waals surface area contributed by atoms with Gasteiger partial charge in [0, 0.05) is 58.1 Å². The van der Waals surface area contributed by atoms with Crippen LogP contribution in [0.25, 0.3) is 0 Å². The van der Waals surface area contributed by atoms with Gasteiger partial charge in [-0.15, -0.1) is 0 Å². The predicted molar refractivity (Wildman–Crippen MR) is 77.0 cm³/mol. The summed E-state index contributed by atoms with van der Waals surface area (Å²) >= 11 is 0. The Bertz CT molecular complexity index is 367. The van der Waals surface area contributed by atoms with Crippen molar-refractivity contribution in [2.24, 2.45) is 0 Å². The highest BCUT2D eigenvalue weighted by molar-refractivity contribution is 5.03. The molecule has 0 saturated carbocycles. The first kappa shape index (κ1) is 13.0. The molecule has 19 heavy (non-hydrogen) atoms. The first-order valence-corrected chi connectivity index (χ1v) is 7.49. The highest BCUT2D eigenvalue weighted by Crippen LogP contribution is 2.18. The molecule has 1 N–H and O–H groups in total. The number of nitrogens with zero attached hydrogens (tertiary/aromatic N) is 3. The summed E-state index contributed by atoms with van der Waals surface area (Å²) in [5, 5.41) is 3.43. The SMILES string of the molecule is c1ccc(CN2CCC(N3CCNCC3)CC2)nc1. The molecular weight excluding hydrogens is 236 g/mol. The van der Waals surface area contributed by atoms with E-state index in [1.165, 1.54) is 44.7 Å². The van der Waals surface area contributed by atoms with Crippen molar-refractivity contribution < 1.29 is 0 Å². The van der Waals surface area contributed by atoms with Gasteiger partial charge in [-0.1, -0.05) is 6.07 Å². The molecule has 1 aromatic heterocycles. The fourth-order valence-electron chi connectivity index (χ4n) is 3.21. The van der Waals surface area contributed by atoms with E-state index in [0.29, 0.717) is 0 Å². The zero-order valence-electron chi connectivity index (χ0n) is 11.6. The Balaban J connectivity index is 1.46. The smallest absolute Gasteiger partial charge is 0.0543 e. The van der Waals surface area contributed by atoms with Gasteiger partial charge >= 0.3 is 0 Å². The van der Waals surface area contributed by atoms with Crippen LogP contribution in [-0.2, 0) is 6.54 Å². The zero-order chi connectivity index (χ0) is 12.9. The first-order valence-electron chi connectivity index (χ1n) is 7.49. The minimum atomic E-state index is 0.807. The molecule has 0 atom stereocenters. The van der Waals surface area contributed by atoms with Crippen LogP contribution >= 0.6 is 0 Å². The molecule has 0 aromatic carbocycles. The minimum absolute atomic E-state index is 0.807. The van der Waals surface area contributed by atoms with Gasteiger partial charge in [-0.3, -0.25) is 14.8 Å². The normalized spacial score (nSPS) is 23.6. The minimum Gasteiger partial charge on any atom is -0.314 e. The highest BCUT2D eigenvalue weighted by Gasteiger charge is 2.25. The third-order valence-electron chi connectivity index (χ3n) is 4.34. The molecule has 104 valence electrons. The standard InChI is InChI=1S/C15H24N4/c1-2-6-17-14(3-1)13-18-9-4-15(5-10-18)19-11-7-16-8-12-19/h1-3,6,15-16H,4-5,7-13H2. The van der Waals surface area contributed by atoms with Crippen molar-refractivity contribution in [3.8, 4) is 0 Å². The number of hydrogen-bond donors (Lipinski definition) is 1. The topological polar surface area (TPSA) is 31.4 Å². The maximum atomic E-state index is 4.42. The summed E-state index contributed by atoms with van der Waals surface area (Å²) in [6, 6.07) is 7.00. The lowest BCUT2D eigenvalue weighted by Crippen LogP contribution is -2.51. The second-order valence-corrected chi connectivity index (χ2v) is 5.61. The maximum absolute atomic E-state index is 4.42. The predicted octanol–water partition coefficient (Wildman–Crippen LogP) is 0.951. The number of hydrogen-bond acceptors (Lipinski definition) is 4. The Kier molecular flexibility index (Phi) is 4.43. The largest absolute Gasteiger partial charge is 0.314 e. The zero-order valence-corrected chi connectivity index (χ0v) is 11.6. The molecule has 2 aliphatic rings. The van der Waals surface area contributed by atoms with Gasteiger partial charge in [0.05, 0.1) is 5.69 Å². The Morgan fingerprint density at radius 1 is 1.11 bits per heavy atom. The van der Waals surface area contributed by atoms with Crippen molar-refractivity contribution in [2.45, 2.75) is 25.4 Å². The molecule has 0 amide bonds. The van der Waals surface area contributed by atoms with E-state index < -0.39 is 0 Å². The molecule has 0 radical (unpaired) electrons. The van der Waals surface area contributed by atoms with E-state index in [1.54, 1.807) is 0 Å². The molecular formula is C15H24N4. The molecule has 0 unspecified atom stereocenters. The number of aromatic nitrogens is 1. The molecule has 2 aliphatic heterocycles.